The van der Waals surface area contributed by atoms with E-state index < -0.39 is 5.56 Å². The van der Waals surface area contributed by atoms with E-state index in [-0.39, 0.29) is 17.5 Å². The number of amides is 1. The maximum Gasteiger partial charge on any atom is 0.261 e. The van der Waals surface area contributed by atoms with Gasteiger partial charge in [-0.15, -0.1) is 0 Å². The number of hydrogen-bond acceptors (Lipinski definition) is 4. The van der Waals surface area contributed by atoms with Gasteiger partial charge in [0, 0.05) is 12.2 Å². The van der Waals surface area contributed by atoms with Gasteiger partial charge in [0.2, 0.25) is 0 Å². The Bertz CT molecular complexity index is 1030. The van der Waals surface area contributed by atoms with Crippen LogP contribution < -0.4 is 10.9 Å². The molecule has 0 radical (unpaired) electrons. The van der Waals surface area contributed by atoms with Gasteiger partial charge in [-0.1, -0.05) is 30.3 Å². The molecule has 0 bridgehead atoms. The number of carbonyl (C=O) groups is 1. The Hall–Kier alpha value is -3.12. The van der Waals surface area contributed by atoms with Crippen LogP contribution in [0.25, 0.3) is 11.3 Å². The average molecular weight is 391 g/mol. The smallest absolute Gasteiger partial charge is 0.261 e. The van der Waals surface area contributed by atoms with Crippen molar-refractivity contribution in [1.29, 1.82) is 0 Å². The number of hydrogen-bond donors (Lipinski definition) is 2. The molecule has 1 unspecified atom stereocenters. The zero-order chi connectivity index (χ0) is 20.2. The van der Waals surface area contributed by atoms with Gasteiger partial charge in [-0.25, -0.2) is 0 Å². The second-order valence-corrected chi connectivity index (χ2v) is 7.40. The van der Waals surface area contributed by atoms with Crippen LogP contribution >= 0.6 is 0 Å². The van der Waals surface area contributed by atoms with Crippen molar-refractivity contribution in [2.75, 3.05) is 19.6 Å². The Labute approximate surface area is 169 Å². The number of aromatic nitrogens is 1. The highest BCUT2D eigenvalue weighted by molar-refractivity contribution is 5.94. The lowest BCUT2D eigenvalue weighted by Crippen LogP contribution is -2.38. The Morgan fingerprint density at radius 3 is 2.52 bits per heavy atom. The second kappa shape index (κ2) is 8.49. The van der Waals surface area contributed by atoms with Gasteiger partial charge in [0.05, 0.1) is 6.04 Å². The maximum atomic E-state index is 12.7. The van der Waals surface area contributed by atoms with Crippen molar-refractivity contribution in [2.45, 2.75) is 25.8 Å². The molecule has 1 fully saturated rings. The highest BCUT2D eigenvalue weighted by Crippen LogP contribution is 2.26. The zero-order valence-corrected chi connectivity index (χ0v) is 16.5. The molecule has 1 aliphatic rings. The number of rotatable bonds is 6. The summed E-state index contributed by atoms with van der Waals surface area (Å²) in [6, 6.07) is 16.8. The van der Waals surface area contributed by atoms with E-state index >= 15 is 0 Å². The molecule has 1 amide bonds. The molecule has 0 saturated carbocycles. The summed E-state index contributed by atoms with van der Waals surface area (Å²) >= 11 is 0. The van der Waals surface area contributed by atoms with Crippen LogP contribution in [0.4, 0.5) is 0 Å². The van der Waals surface area contributed by atoms with Crippen LogP contribution in [0.15, 0.2) is 63.8 Å². The van der Waals surface area contributed by atoms with Crippen molar-refractivity contribution < 1.29 is 9.21 Å². The number of aromatic amines is 1. The highest BCUT2D eigenvalue weighted by atomic mass is 16.3. The number of carbonyl (C=O) groups excluding carboxylic acids is 1. The molecule has 2 N–H and O–H groups in total. The summed E-state index contributed by atoms with van der Waals surface area (Å²) in [4.78, 5) is 30.3. The number of nitrogens with zero attached hydrogens (tertiary/aromatic N) is 1. The average Bonchev–Trinajstić information content (AvgIpc) is 3.41. The van der Waals surface area contributed by atoms with Crippen molar-refractivity contribution in [3.63, 3.8) is 0 Å². The standard InChI is InChI=1S/C23H25N3O3/c1-16-9-12-21(29-16)20(26-13-5-6-14-26)15-24-22(27)18-10-11-19(25-23(18)28)17-7-3-2-4-8-17/h2-4,7-12,20H,5-6,13-15H2,1H3,(H,24,27)(H,25,28). The lowest BCUT2D eigenvalue weighted by Gasteiger charge is -2.26. The molecule has 3 aromatic rings. The third kappa shape index (κ3) is 4.32. The number of benzene rings is 1. The number of H-pyrrole nitrogens is 1. The summed E-state index contributed by atoms with van der Waals surface area (Å²) in [5.74, 6) is 1.32. The van der Waals surface area contributed by atoms with Crippen LogP contribution in [0.2, 0.25) is 0 Å². The molecule has 0 spiro atoms. The second-order valence-electron chi connectivity index (χ2n) is 7.40. The van der Waals surface area contributed by atoms with E-state index in [1.807, 2.05) is 49.4 Å². The van der Waals surface area contributed by atoms with E-state index in [4.69, 9.17) is 4.42 Å². The number of aryl methyl sites for hydroxylation is 1. The van der Waals surface area contributed by atoms with E-state index in [1.54, 1.807) is 12.1 Å². The van der Waals surface area contributed by atoms with E-state index in [1.165, 1.54) is 0 Å². The Morgan fingerprint density at radius 1 is 1.10 bits per heavy atom. The first kappa shape index (κ1) is 19.2. The predicted octanol–water partition coefficient (Wildman–Crippen LogP) is 3.51. The van der Waals surface area contributed by atoms with Crippen LogP contribution in [-0.2, 0) is 0 Å². The normalized spacial score (nSPS) is 15.3. The minimum absolute atomic E-state index is 0.0298. The third-order valence-corrected chi connectivity index (χ3v) is 5.37. The molecule has 6 nitrogen and oxygen atoms in total. The summed E-state index contributed by atoms with van der Waals surface area (Å²) in [5, 5.41) is 2.92. The lowest BCUT2D eigenvalue weighted by molar-refractivity contribution is 0.0932. The SMILES string of the molecule is Cc1ccc(C(CNC(=O)c2ccc(-c3ccccc3)[nH]c2=O)N2CCCC2)o1. The monoisotopic (exact) mass is 391 g/mol. The molecule has 6 heteroatoms. The van der Waals surface area contributed by atoms with E-state index in [0.29, 0.717) is 12.2 Å². The van der Waals surface area contributed by atoms with Crippen molar-refractivity contribution in [1.82, 2.24) is 15.2 Å². The molecule has 1 atom stereocenters. The molecule has 150 valence electrons. The van der Waals surface area contributed by atoms with Gasteiger partial charge in [-0.3, -0.25) is 14.5 Å². The summed E-state index contributed by atoms with van der Waals surface area (Å²) in [6.45, 7) is 4.27. The number of furan rings is 1. The number of pyridine rings is 1. The minimum Gasteiger partial charge on any atom is -0.465 e. The van der Waals surface area contributed by atoms with E-state index in [0.717, 1.165) is 43.0 Å². The molecule has 1 aliphatic heterocycles. The van der Waals surface area contributed by atoms with E-state index in [9.17, 15) is 9.59 Å². The van der Waals surface area contributed by atoms with Crippen LogP contribution in [-0.4, -0.2) is 35.4 Å². The molecule has 1 aromatic carbocycles. The molecule has 29 heavy (non-hydrogen) atoms. The van der Waals surface area contributed by atoms with Crippen LogP contribution in [0.3, 0.4) is 0 Å². The Morgan fingerprint density at radius 2 is 1.86 bits per heavy atom. The first-order chi connectivity index (χ1) is 14.1. The summed E-state index contributed by atoms with van der Waals surface area (Å²) in [6.07, 6.45) is 2.29. The molecule has 2 aromatic heterocycles. The fraction of sp³-hybridized carbons (Fsp3) is 0.304. The largest absolute Gasteiger partial charge is 0.465 e. The Kier molecular flexibility index (Phi) is 5.62. The van der Waals surface area contributed by atoms with Gasteiger partial charge >= 0.3 is 0 Å². The van der Waals surface area contributed by atoms with Gasteiger partial charge in [-0.05, 0) is 62.7 Å². The van der Waals surface area contributed by atoms with Crippen molar-refractivity contribution >= 4 is 5.91 Å². The lowest BCUT2D eigenvalue weighted by atomic mass is 10.1. The fourth-order valence-corrected chi connectivity index (χ4v) is 3.82. The van der Waals surface area contributed by atoms with Gasteiger partial charge in [0.25, 0.3) is 11.5 Å². The van der Waals surface area contributed by atoms with Crippen molar-refractivity contribution in [2.24, 2.45) is 0 Å². The highest BCUT2D eigenvalue weighted by Gasteiger charge is 2.26. The summed E-state index contributed by atoms with van der Waals surface area (Å²) in [7, 11) is 0. The minimum atomic E-state index is -0.393. The Balaban J connectivity index is 1.48. The molecular formula is C23H25N3O3. The zero-order valence-electron chi connectivity index (χ0n) is 16.5. The number of nitrogens with one attached hydrogen (secondary N) is 2. The van der Waals surface area contributed by atoms with Crippen LogP contribution in [0.1, 0.15) is 40.8 Å². The van der Waals surface area contributed by atoms with Crippen LogP contribution in [0, 0.1) is 6.92 Å². The predicted molar refractivity (Wildman–Crippen MR) is 112 cm³/mol. The first-order valence-corrected chi connectivity index (χ1v) is 9.99. The number of likely N-dealkylation sites (tertiary alicyclic amines) is 1. The fourth-order valence-electron chi connectivity index (χ4n) is 3.82. The first-order valence-electron chi connectivity index (χ1n) is 9.99. The van der Waals surface area contributed by atoms with Gasteiger partial charge in [-0.2, -0.15) is 0 Å². The molecule has 3 heterocycles. The molecule has 4 rings (SSSR count). The van der Waals surface area contributed by atoms with Crippen molar-refractivity contribution in [3.05, 3.63) is 82.0 Å². The quantitative estimate of drug-likeness (QED) is 0.674. The van der Waals surface area contributed by atoms with Crippen molar-refractivity contribution in [3.8, 4) is 11.3 Å². The van der Waals surface area contributed by atoms with Gasteiger partial charge in [0.1, 0.15) is 17.1 Å². The third-order valence-electron chi connectivity index (χ3n) is 5.37. The topological polar surface area (TPSA) is 78.3 Å². The van der Waals surface area contributed by atoms with Crippen LogP contribution in [0.5, 0.6) is 0 Å². The van der Waals surface area contributed by atoms with Gasteiger partial charge < -0.3 is 14.7 Å². The molecule has 0 aliphatic carbocycles. The van der Waals surface area contributed by atoms with Gasteiger partial charge in [0.15, 0.2) is 0 Å². The summed E-state index contributed by atoms with van der Waals surface area (Å²) in [5.41, 5.74) is 1.31. The summed E-state index contributed by atoms with van der Waals surface area (Å²) < 4.78 is 5.82. The molecular weight excluding hydrogens is 366 g/mol. The van der Waals surface area contributed by atoms with E-state index in [2.05, 4.69) is 15.2 Å². The maximum absolute atomic E-state index is 12.7. The molecule has 1 saturated heterocycles.